The van der Waals surface area contributed by atoms with E-state index in [1.165, 1.54) is 24.0 Å². The van der Waals surface area contributed by atoms with E-state index in [2.05, 4.69) is 71.7 Å². The summed E-state index contributed by atoms with van der Waals surface area (Å²) in [6.45, 7) is 8.66. The van der Waals surface area contributed by atoms with Gasteiger partial charge in [-0.2, -0.15) is 0 Å². The molecular weight excluding hydrogens is 316 g/mol. The molecule has 0 nitrogen and oxygen atoms in total. The predicted octanol–water partition coefficient (Wildman–Crippen LogP) is 5.97. The van der Waals surface area contributed by atoms with Gasteiger partial charge in [-0.05, 0) is 53.4 Å². The van der Waals surface area contributed by atoms with Crippen molar-refractivity contribution >= 4 is 31.9 Å². The summed E-state index contributed by atoms with van der Waals surface area (Å²) in [5, 5.41) is 0. The third-order valence-electron chi connectivity index (χ3n) is 2.17. The van der Waals surface area contributed by atoms with Crippen LogP contribution in [0.15, 0.2) is 23.3 Å². The van der Waals surface area contributed by atoms with Crippen LogP contribution in [0.25, 0.3) is 0 Å². The van der Waals surface area contributed by atoms with E-state index in [0.717, 1.165) is 12.8 Å². The van der Waals surface area contributed by atoms with E-state index in [-0.39, 0.29) is 3.23 Å². The molecule has 0 atom stereocenters. The van der Waals surface area contributed by atoms with Crippen LogP contribution in [0.4, 0.5) is 0 Å². The smallest absolute Gasteiger partial charge is 0.0780 e. The highest BCUT2D eigenvalue weighted by atomic mass is 79.9. The fourth-order valence-electron chi connectivity index (χ4n) is 1.26. The molecule has 0 aliphatic carbocycles. The lowest BCUT2D eigenvalue weighted by Gasteiger charge is -2.11. The number of hydrogen-bond acceptors (Lipinski definition) is 0. The van der Waals surface area contributed by atoms with Crippen LogP contribution >= 0.6 is 31.9 Å². The van der Waals surface area contributed by atoms with Gasteiger partial charge in [-0.1, -0.05) is 55.2 Å². The van der Waals surface area contributed by atoms with Gasteiger partial charge in [-0.25, -0.2) is 0 Å². The molecule has 0 spiro atoms. The summed E-state index contributed by atoms with van der Waals surface area (Å²) in [6.07, 6.45) is 9.26. The quantitative estimate of drug-likeness (QED) is 0.414. The van der Waals surface area contributed by atoms with Crippen molar-refractivity contribution < 1.29 is 0 Å². The zero-order chi connectivity index (χ0) is 11.9. The first-order valence-corrected chi connectivity index (χ1v) is 7.06. The predicted molar refractivity (Wildman–Crippen MR) is 77.9 cm³/mol. The molecule has 0 fully saturated rings. The fraction of sp³-hybridized carbons (Fsp3) is 0.692. The van der Waals surface area contributed by atoms with Crippen LogP contribution in [0.1, 0.15) is 53.4 Å². The van der Waals surface area contributed by atoms with Crippen LogP contribution < -0.4 is 0 Å². The highest BCUT2D eigenvalue weighted by Crippen LogP contribution is 2.30. The van der Waals surface area contributed by atoms with E-state index in [1.54, 1.807) is 0 Å². The Morgan fingerprint density at radius 3 is 2.13 bits per heavy atom. The fourth-order valence-corrected chi connectivity index (χ4v) is 1.72. The molecule has 0 aliphatic heterocycles. The molecule has 0 aromatic carbocycles. The maximum Gasteiger partial charge on any atom is 0.0780 e. The molecule has 0 saturated carbocycles. The second kappa shape index (κ2) is 7.67. The maximum atomic E-state index is 3.58. The van der Waals surface area contributed by atoms with Gasteiger partial charge in [0.25, 0.3) is 0 Å². The summed E-state index contributed by atoms with van der Waals surface area (Å²) in [5.74, 6) is 0. The van der Waals surface area contributed by atoms with Crippen molar-refractivity contribution in [1.29, 1.82) is 0 Å². The topological polar surface area (TPSA) is 0 Å². The average Bonchev–Trinajstić information content (AvgIpc) is 2.00. The first-order valence-electron chi connectivity index (χ1n) is 5.48. The summed E-state index contributed by atoms with van der Waals surface area (Å²) in [4.78, 5) is 0. The summed E-state index contributed by atoms with van der Waals surface area (Å²) in [6, 6.07) is 0. The number of alkyl halides is 2. The second-order valence-corrected chi connectivity index (χ2v) is 9.04. The number of allylic oxidation sites excluding steroid dienone is 4. The monoisotopic (exact) mass is 336 g/mol. The zero-order valence-corrected chi connectivity index (χ0v) is 13.4. The zero-order valence-electron chi connectivity index (χ0n) is 10.2. The highest BCUT2D eigenvalue weighted by Gasteiger charge is 2.12. The SMILES string of the molecule is CC(C)=CCC/C(C)=C/CCC(C)(Br)Br. The molecule has 0 rings (SSSR count). The van der Waals surface area contributed by atoms with Gasteiger partial charge in [0.05, 0.1) is 3.23 Å². The third-order valence-corrected chi connectivity index (χ3v) is 2.96. The third kappa shape index (κ3) is 12.4. The molecule has 0 aromatic rings. The molecule has 15 heavy (non-hydrogen) atoms. The van der Waals surface area contributed by atoms with E-state index >= 15 is 0 Å². The van der Waals surface area contributed by atoms with Crippen LogP contribution in [-0.4, -0.2) is 3.23 Å². The Kier molecular flexibility index (Phi) is 7.90. The van der Waals surface area contributed by atoms with Gasteiger partial charge in [-0.3, -0.25) is 0 Å². The van der Waals surface area contributed by atoms with Crippen LogP contribution in [0.5, 0.6) is 0 Å². The van der Waals surface area contributed by atoms with Gasteiger partial charge in [-0.15, -0.1) is 0 Å². The van der Waals surface area contributed by atoms with E-state index in [0.29, 0.717) is 0 Å². The molecule has 2 heteroatoms. The van der Waals surface area contributed by atoms with Gasteiger partial charge < -0.3 is 0 Å². The van der Waals surface area contributed by atoms with Crippen LogP contribution in [0.3, 0.4) is 0 Å². The lowest BCUT2D eigenvalue weighted by atomic mass is 10.1. The molecular formula is C13H22Br2. The Morgan fingerprint density at radius 1 is 1.07 bits per heavy atom. The standard InChI is InChI=1S/C13H22Br2/c1-11(2)7-5-8-12(3)9-6-10-13(4,14)15/h7,9H,5-6,8,10H2,1-4H3/b12-9+. The first-order chi connectivity index (χ1) is 6.81. The van der Waals surface area contributed by atoms with Gasteiger partial charge in [0.2, 0.25) is 0 Å². The van der Waals surface area contributed by atoms with Crippen molar-refractivity contribution in [2.45, 2.75) is 56.6 Å². The van der Waals surface area contributed by atoms with Crippen LogP contribution in [0, 0.1) is 0 Å². The van der Waals surface area contributed by atoms with Crippen molar-refractivity contribution in [3.8, 4) is 0 Å². The van der Waals surface area contributed by atoms with Gasteiger partial charge in [0.15, 0.2) is 0 Å². The molecule has 0 saturated heterocycles. The molecule has 0 N–H and O–H groups in total. The summed E-state index contributed by atoms with van der Waals surface area (Å²) >= 11 is 7.16. The van der Waals surface area contributed by atoms with E-state index in [4.69, 9.17) is 0 Å². The Morgan fingerprint density at radius 2 is 1.67 bits per heavy atom. The second-order valence-electron chi connectivity index (χ2n) is 4.48. The Labute approximate surface area is 111 Å². The summed E-state index contributed by atoms with van der Waals surface area (Å²) in [7, 11) is 0. The normalized spacial score (nSPS) is 12.8. The van der Waals surface area contributed by atoms with Crippen molar-refractivity contribution in [1.82, 2.24) is 0 Å². The Balaban J connectivity index is 3.75. The van der Waals surface area contributed by atoms with Crippen molar-refractivity contribution in [3.05, 3.63) is 23.3 Å². The number of hydrogen-bond donors (Lipinski definition) is 0. The minimum absolute atomic E-state index is 0.0939. The Bertz CT molecular complexity index is 227. The van der Waals surface area contributed by atoms with Crippen molar-refractivity contribution in [2.75, 3.05) is 0 Å². The number of rotatable bonds is 6. The lowest BCUT2D eigenvalue weighted by molar-refractivity contribution is 0.799. The molecule has 0 amide bonds. The van der Waals surface area contributed by atoms with Crippen molar-refractivity contribution in [2.24, 2.45) is 0 Å². The molecule has 0 aromatic heterocycles. The molecule has 0 unspecified atom stereocenters. The molecule has 0 aliphatic rings. The van der Waals surface area contributed by atoms with Crippen LogP contribution in [-0.2, 0) is 0 Å². The maximum absolute atomic E-state index is 3.58. The Hall–Kier alpha value is 0.440. The molecule has 0 bridgehead atoms. The number of halogens is 2. The van der Waals surface area contributed by atoms with Gasteiger partial charge in [0, 0.05) is 0 Å². The van der Waals surface area contributed by atoms with Gasteiger partial charge >= 0.3 is 0 Å². The largest absolute Gasteiger partial charge is 0.0856 e. The lowest BCUT2D eigenvalue weighted by Crippen LogP contribution is -2.02. The van der Waals surface area contributed by atoms with Crippen molar-refractivity contribution in [3.63, 3.8) is 0 Å². The molecule has 0 heterocycles. The summed E-state index contributed by atoms with van der Waals surface area (Å²) in [5.41, 5.74) is 2.91. The minimum atomic E-state index is 0.0939. The molecule has 88 valence electrons. The van der Waals surface area contributed by atoms with Crippen LogP contribution in [0.2, 0.25) is 0 Å². The van der Waals surface area contributed by atoms with E-state index < -0.39 is 0 Å². The minimum Gasteiger partial charge on any atom is -0.0856 e. The average molecular weight is 338 g/mol. The highest BCUT2D eigenvalue weighted by molar-refractivity contribution is 9.25. The van der Waals surface area contributed by atoms with E-state index in [1.807, 2.05) is 0 Å². The summed E-state index contributed by atoms with van der Waals surface area (Å²) < 4.78 is 0.0939. The molecule has 0 radical (unpaired) electrons. The van der Waals surface area contributed by atoms with E-state index in [9.17, 15) is 0 Å². The first kappa shape index (κ1) is 15.4. The van der Waals surface area contributed by atoms with Gasteiger partial charge in [0.1, 0.15) is 0 Å².